The van der Waals surface area contributed by atoms with E-state index in [9.17, 15) is 10.2 Å². The van der Waals surface area contributed by atoms with Gasteiger partial charge < -0.3 is 24.4 Å². The molecule has 1 aliphatic rings. The van der Waals surface area contributed by atoms with E-state index in [0.29, 0.717) is 0 Å². The number of ether oxygens (including phenoxy) is 3. The third-order valence-electron chi connectivity index (χ3n) is 6.04. The number of rotatable bonds is 8. The standard InChI is InChI=1S/C28H31BrO5/c1-19(2)33-27-24(29)26(31)25(30)23(34-27)18-32-28(20-12-6-3-7-13-20,21-14-8-4-9-15-21)22-16-10-5-11-17-22/h3-17,19,23-27,30-31H,18H2,1-2H3. The van der Waals surface area contributed by atoms with Crippen LogP contribution in [0.1, 0.15) is 30.5 Å². The van der Waals surface area contributed by atoms with Crippen molar-refractivity contribution in [1.82, 2.24) is 0 Å². The second-order valence-electron chi connectivity index (χ2n) is 8.74. The fourth-order valence-electron chi connectivity index (χ4n) is 4.39. The van der Waals surface area contributed by atoms with Crippen LogP contribution in [-0.4, -0.2) is 52.4 Å². The van der Waals surface area contributed by atoms with E-state index in [1.807, 2.05) is 105 Å². The Labute approximate surface area is 209 Å². The second-order valence-corrected chi connectivity index (χ2v) is 9.80. The zero-order valence-electron chi connectivity index (χ0n) is 19.3. The molecule has 0 radical (unpaired) electrons. The van der Waals surface area contributed by atoms with Crippen LogP contribution in [0.2, 0.25) is 0 Å². The first-order valence-electron chi connectivity index (χ1n) is 11.5. The molecule has 5 unspecified atom stereocenters. The van der Waals surface area contributed by atoms with Gasteiger partial charge in [-0.15, -0.1) is 0 Å². The summed E-state index contributed by atoms with van der Waals surface area (Å²) in [5, 5.41) is 21.5. The van der Waals surface area contributed by atoms with E-state index < -0.39 is 35.0 Å². The first-order valence-corrected chi connectivity index (χ1v) is 12.5. The zero-order valence-corrected chi connectivity index (χ0v) is 20.9. The Morgan fingerprint density at radius 3 is 1.65 bits per heavy atom. The predicted octanol–water partition coefficient (Wildman–Crippen LogP) is 4.63. The number of hydrogen-bond acceptors (Lipinski definition) is 5. The molecule has 180 valence electrons. The molecule has 5 nitrogen and oxygen atoms in total. The van der Waals surface area contributed by atoms with Crippen molar-refractivity contribution in [3.63, 3.8) is 0 Å². The summed E-state index contributed by atoms with van der Waals surface area (Å²) in [7, 11) is 0. The summed E-state index contributed by atoms with van der Waals surface area (Å²) >= 11 is 3.42. The molecule has 4 rings (SSSR count). The van der Waals surface area contributed by atoms with Gasteiger partial charge >= 0.3 is 0 Å². The van der Waals surface area contributed by atoms with Crippen LogP contribution in [0.15, 0.2) is 91.0 Å². The lowest BCUT2D eigenvalue weighted by atomic mass is 9.80. The van der Waals surface area contributed by atoms with E-state index in [4.69, 9.17) is 14.2 Å². The van der Waals surface area contributed by atoms with Crippen LogP contribution in [0, 0.1) is 0 Å². The Morgan fingerprint density at radius 2 is 1.24 bits per heavy atom. The summed E-state index contributed by atoms with van der Waals surface area (Å²) in [4.78, 5) is -0.553. The van der Waals surface area contributed by atoms with E-state index in [1.54, 1.807) is 0 Å². The highest BCUT2D eigenvalue weighted by atomic mass is 79.9. The molecular formula is C28H31BrO5. The fourth-order valence-corrected chi connectivity index (χ4v) is 4.95. The quantitative estimate of drug-likeness (QED) is 0.330. The first-order chi connectivity index (χ1) is 16.4. The molecule has 34 heavy (non-hydrogen) atoms. The van der Waals surface area contributed by atoms with Crippen molar-refractivity contribution in [3.05, 3.63) is 108 Å². The molecule has 0 spiro atoms. The van der Waals surface area contributed by atoms with Crippen molar-refractivity contribution in [3.8, 4) is 0 Å². The maximum atomic E-state index is 10.8. The smallest absolute Gasteiger partial charge is 0.173 e. The number of benzene rings is 3. The average molecular weight is 527 g/mol. The lowest BCUT2D eigenvalue weighted by Gasteiger charge is -2.43. The van der Waals surface area contributed by atoms with Crippen LogP contribution < -0.4 is 0 Å². The molecule has 0 saturated carbocycles. The van der Waals surface area contributed by atoms with Crippen LogP contribution in [0.25, 0.3) is 0 Å². The number of aliphatic hydroxyl groups excluding tert-OH is 2. The summed E-state index contributed by atoms with van der Waals surface area (Å²) in [5.74, 6) is 0. The van der Waals surface area contributed by atoms with Crippen molar-refractivity contribution < 1.29 is 24.4 Å². The maximum Gasteiger partial charge on any atom is 0.173 e. The van der Waals surface area contributed by atoms with E-state index >= 15 is 0 Å². The van der Waals surface area contributed by atoms with Gasteiger partial charge in [-0.05, 0) is 30.5 Å². The van der Waals surface area contributed by atoms with Gasteiger partial charge in [-0.2, -0.15) is 0 Å². The van der Waals surface area contributed by atoms with E-state index in [-0.39, 0.29) is 12.7 Å². The Morgan fingerprint density at radius 1 is 0.794 bits per heavy atom. The topological polar surface area (TPSA) is 68.2 Å². The molecule has 0 bridgehead atoms. The van der Waals surface area contributed by atoms with Crippen LogP contribution in [0.4, 0.5) is 0 Å². The van der Waals surface area contributed by atoms with Crippen molar-refractivity contribution in [2.24, 2.45) is 0 Å². The normalized spacial score (nSPS) is 25.4. The summed E-state index contributed by atoms with van der Waals surface area (Å²) in [6.07, 6.45) is -3.82. The minimum Gasteiger partial charge on any atom is -0.389 e. The molecule has 0 amide bonds. The highest BCUT2D eigenvalue weighted by Crippen LogP contribution is 2.41. The van der Waals surface area contributed by atoms with Gasteiger partial charge in [-0.25, -0.2) is 0 Å². The Balaban J connectivity index is 1.73. The Hall–Kier alpha value is -2.06. The van der Waals surface area contributed by atoms with Crippen molar-refractivity contribution in [2.45, 2.75) is 55.0 Å². The summed E-state index contributed by atoms with van der Waals surface area (Å²) in [6, 6.07) is 30.0. The van der Waals surface area contributed by atoms with Gasteiger partial charge in [0.25, 0.3) is 0 Å². The minimum atomic E-state index is -1.14. The molecule has 2 N–H and O–H groups in total. The molecule has 5 atom stereocenters. The molecule has 3 aromatic carbocycles. The largest absolute Gasteiger partial charge is 0.389 e. The van der Waals surface area contributed by atoms with Gasteiger partial charge in [0.1, 0.15) is 17.8 Å². The van der Waals surface area contributed by atoms with Gasteiger partial charge in [0.15, 0.2) is 6.29 Å². The number of aliphatic hydroxyl groups is 2. The molecule has 1 saturated heterocycles. The third-order valence-corrected chi connectivity index (χ3v) is 7.01. The summed E-state index contributed by atoms with van der Waals surface area (Å²) in [6.45, 7) is 3.84. The monoisotopic (exact) mass is 526 g/mol. The summed E-state index contributed by atoms with van der Waals surface area (Å²) in [5.41, 5.74) is 1.90. The van der Waals surface area contributed by atoms with Gasteiger partial charge in [0.05, 0.1) is 23.6 Å². The van der Waals surface area contributed by atoms with Crippen molar-refractivity contribution in [2.75, 3.05) is 6.61 Å². The maximum absolute atomic E-state index is 10.8. The van der Waals surface area contributed by atoms with Crippen LogP contribution in [0.5, 0.6) is 0 Å². The third kappa shape index (κ3) is 5.13. The van der Waals surface area contributed by atoms with Crippen molar-refractivity contribution in [1.29, 1.82) is 0 Å². The summed E-state index contributed by atoms with van der Waals surface area (Å²) < 4.78 is 18.7. The number of halogens is 1. The average Bonchev–Trinajstić information content (AvgIpc) is 2.87. The lowest BCUT2D eigenvalue weighted by Crippen LogP contribution is -2.58. The van der Waals surface area contributed by atoms with Crippen LogP contribution >= 0.6 is 15.9 Å². The number of alkyl halides is 1. The second kappa shape index (κ2) is 11.1. The molecule has 0 aliphatic carbocycles. The fraction of sp³-hybridized carbons (Fsp3) is 0.357. The van der Waals surface area contributed by atoms with Gasteiger partial charge in [-0.1, -0.05) is 107 Å². The molecule has 1 fully saturated rings. The minimum absolute atomic E-state index is 0.0363. The lowest BCUT2D eigenvalue weighted by molar-refractivity contribution is -0.266. The molecule has 1 heterocycles. The Kier molecular flexibility index (Phi) is 8.19. The first kappa shape index (κ1) is 25.0. The highest BCUT2D eigenvalue weighted by molar-refractivity contribution is 9.09. The molecule has 1 aliphatic heterocycles. The predicted molar refractivity (Wildman–Crippen MR) is 135 cm³/mol. The number of hydrogen-bond donors (Lipinski definition) is 2. The van der Waals surface area contributed by atoms with Crippen molar-refractivity contribution >= 4 is 15.9 Å². The highest BCUT2D eigenvalue weighted by Gasteiger charge is 2.46. The zero-order chi connectivity index (χ0) is 24.1. The van der Waals surface area contributed by atoms with Gasteiger partial charge in [0, 0.05) is 0 Å². The molecule has 0 aromatic heterocycles. The van der Waals surface area contributed by atoms with E-state index in [2.05, 4.69) is 15.9 Å². The molecule has 3 aromatic rings. The van der Waals surface area contributed by atoms with Gasteiger partial charge in [-0.3, -0.25) is 0 Å². The van der Waals surface area contributed by atoms with E-state index in [0.717, 1.165) is 16.7 Å². The van der Waals surface area contributed by atoms with Crippen LogP contribution in [0.3, 0.4) is 0 Å². The molecular weight excluding hydrogens is 496 g/mol. The van der Waals surface area contributed by atoms with Gasteiger partial charge in [0.2, 0.25) is 0 Å². The SMILES string of the molecule is CC(C)OC1OC(COC(c2ccccc2)(c2ccccc2)c2ccccc2)C(O)C(O)C1Br. The van der Waals surface area contributed by atoms with E-state index in [1.165, 1.54) is 0 Å². The van der Waals surface area contributed by atoms with Crippen LogP contribution in [-0.2, 0) is 19.8 Å². The molecule has 6 heteroatoms. The Bertz CT molecular complexity index is 918.